The van der Waals surface area contributed by atoms with Crippen molar-refractivity contribution < 1.29 is 9.52 Å². The zero-order valence-electron chi connectivity index (χ0n) is 6.97. The van der Waals surface area contributed by atoms with E-state index in [-0.39, 0.29) is 6.54 Å². The van der Waals surface area contributed by atoms with Crippen LogP contribution in [0.2, 0.25) is 0 Å². The minimum atomic E-state index is -0.663. The SMILES string of the molecule is NCC(O)c1coc2cnccc12. The number of nitrogens with zero attached hydrogens (tertiary/aromatic N) is 1. The lowest BCUT2D eigenvalue weighted by Crippen LogP contribution is -2.10. The predicted molar refractivity (Wildman–Crippen MR) is 48.0 cm³/mol. The lowest BCUT2D eigenvalue weighted by atomic mass is 10.1. The first-order chi connectivity index (χ1) is 6.33. The summed E-state index contributed by atoms with van der Waals surface area (Å²) in [5.74, 6) is 0. The monoisotopic (exact) mass is 178 g/mol. The first-order valence-corrected chi connectivity index (χ1v) is 4.02. The molecule has 1 unspecified atom stereocenters. The molecule has 4 heteroatoms. The molecule has 3 N–H and O–H groups in total. The molecular formula is C9H10N2O2. The maximum absolute atomic E-state index is 9.51. The maximum atomic E-state index is 9.51. The minimum Gasteiger partial charge on any atom is -0.462 e. The fourth-order valence-corrected chi connectivity index (χ4v) is 1.29. The van der Waals surface area contributed by atoms with Crippen LogP contribution in [0.3, 0.4) is 0 Å². The number of pyridine rings is 1. The van der Waals surface area contributed by atoms with Gasteiger partial charge in [-0.3, -0.25) is 4.98 Å². The first kappa shape index (κ1) is 8.22. The van der Waals surface area contributed by atoms with Crippen molar-refractivity contribution in [1.82, 2.24) is 4.98 Å². The van der Waals surface area contributed by atoms with Gasteiger partial charge < -0.3 is 15.3 Å². The second-order valence-corrected chi connectivity index (χ2v) is 2.81. The molecule has 2 rings (SSSR count). The molecule has 0 aromatic carbocycles. The van der Waals surface area contributed by atoms with E-state index in [1.165, 1.54) is 6.26 Å². The third kappa shape index (κ3) is 1.30. The van der Waals surface area contributed by atoms with E-state index in [9.17, 15) is 5.11 Å². The summed E-state index contributed by atoms with van der Waals surface area (Å²) in [7, 11) is 0. The number of fused-ring (bicyclic) bond motifs is 1. The summed E-state index contributed by atoms with van der Waals surface area (Å²) in [5, 5.41) is 10.4. The molecule has 68 valence electrons. The van der Waals surface area contributed by atoms with Crippen LogP contribution in [0, 0.1) is 0 Å². The van der Waals surface area contributed by atoms with Crippen molar-refractivity contribution in [3.8, 4) is 0 Å². The molecule has 0 spiro atoms. The molecule has 2 aromatic rings. The predicted octanol–water partition coefficient (Wildman–Crippen LogP) is 0.820. The van der Waals surface area contributed by atoms with Gasteiger partial charge >= 0.3 is 0 Å². The van der Waals surface area contributed by atoms with Crippen LogP contribution in [0.5, 0.6) is 0 Å². The van der Waals surface area contributed by atoms with Gasteiger partial charge in [-0.25, -0.2) is 0 Å². The van der Waals surface area contributed by atoms with Gasteiger partial charge in [0.1, 0.15) is 0 Å². The normalized spacial score (nSPS) is 13.4. The van der Waals surface area contributed by atoms with E-state index in [4.69, 9.17) is 10.2 Å². The molecule has 0 bridgehead atoms. The number of rotatable bonds is 2. The van der Waals surface area contributed by atoms with Crippen molar-refractivity contribution in [2.24, 2.45) is 5.73 Å². The highest BCUT2D eigenvalue weighted by Gasteiger charge is 2.12. The van der Waals surface area contributed by atoms with Gasteiger partial charge in [0.2, 0.25) is 0 Å². The fourth-order valence-electron chi connectivity index (χ4n) is 1.29. The average Bonchev–Trinajstić information content (AvgIpc) is 2.60. The minimum absolute atomic E-state index is 0.191. The Morgan fingerprint density at radius 1 is 1.62 bits per heavy atom. The summed E-state index contributed by atoms with van der Waals surface area (Å²) in [4.78, 5) is 3.90. The van der Waals surface area contributed by atoms with Crippen molar-refractivity contribution in [1.29, 1.82) is 0 Å². The van der Waals surface area contributed by atoms with Crippen LogP contribution in [0.15, 0.2) is 29.1 Å². The van der Waals surface area contributed by atoms with E-state index in [0.717, 1.165) is 10.9 Å². The summed E-state index contributed by atoms with van der Waals surface area (Å²) in [6.07, 6.45) is 4.12. The molecule has 0 aliphatic heterocycles. The van der Waals surface area contributed by atoms with E-state index in [1.807, 2.05) is 0 Å². The summed E-state index contributed by atoms with van der Waals surface area (Å²) in [5.41, 5.74) is 6.74. The summed E-state index contributed by atoms with van der Waals surface area (Å²) < 4.78 is 5.19. The van der Waals surface area contributed by atoms with Gasteiger partial charge in [-0.1, -0.05) is 0 Å². The van der Waals surface area contributed by atoms with Crippen molar-refractivity contribution in [2.75, 3.05) is 6.54 Å². The Labute approximate surface area is 75.0 Å². The Balaban J connectivity index is 2.57. The summed E-state index contributed by atoms with van der Waals surface area (Å²) >= 11 is 0. The molecule has 0 aliphatic carbocycles. The Bertz CT molecular complexity index is 411. The molecule has 4 nitrogen and oxygen atoms in total. The highest BCUT2D eigenvalue weighted by Crippen LogP contribution is 2.24. The number of hydrogen-bond acceptors (Lipinski definition) is 4. The Morgan fingerprint density at radius 2 is 2.46 bits per heavy atom. The molecule has 13 heavy (non-hydrogen) atoms. The lowest BCUT2D eigenvalue weighted by Gasteiger charge is -2.03. The van der Waals surface area contributed by atoms with Gasteiger partial charge in [0.25, 0.3) is 0 Å². The quantitative estimate of drug-likeness (QED) is 0.714. The smallest absolute Gasteiger partial charge is 0.152 e. The molecule has 1 atom stereocenters. The van der Waals surface area contributed by atoms with Crippen LogP contribution in [0.4, 0.5) is 0 Å². The Kier molecular flexibility index (Phi) is 2.00. The molecule has 0 saturated carbocycles. The van der Waals surface area contributed by atoms with Crippen LogP contribution in [-0.2, 0) is 0 Å². The first-order valence-electron chi connectivity index (χ1n) is 4.02. The molecule has 0 saturated heterocycles. The average molecular weight is 178 g/mol. The molecule has 2 heterocycles. The maximum Gasteiger partial charge on any atom is 0.152 e. The zero-order chi connectivity index (χ0) is 9.26. The topological polar surface area (TPSA) is 72.3 Å². The molecule has 0 aliphatic rings. The number of hydrogen-bond donors (Lipinski definition) is 2. The zero-order valence-corrected chi connectivity index (χ0v) is 6.97. The van der Waals surface area contributed by atoms with Crippen LogP contribution >= 0.6 is 0 Å². The number of aliphatic hydroxyl groups excluding tert-OH is 1. The molecule has 2 aromatic heterocycles. The van der Waals surface area contributed by atoms with Crippen LogP contribution in [0.25, 0.3) is 11.0 Å². The van der Waals surface area contributed by atoms with Crippen molar-refractivity contribution >= 4 is 11.0 Å². The van der Waals surface area contributed by atoms with Crippen LogP contribution in [0.1, 0.15) is 11.7 Å². The number of nitrogens with two attached hydrogens (primary N) is 1. The van der Waals surface area contributed by atoms with Crippen molar-refractivity contribution in [2.45, 2.75) is 6.10 Å². The van der Waals surface area contributed by atoms with Gasteiger partial charge in [-0.2, -0.15) is 0 Å². The summed E-state index contributed by atoms with van der Waals surface area (Å²) in [6, 6.07) is 1.80. The van der Waals surface area contributed by atoms with Crippen molar-refractivity contribution in [3.63, 3.8) is 0 Å². The molecule has 0 fully saturated rings. The Hall–Kier alpha value is -1.39. The van der Waals surface area contributed by atoms with Crippen molar-refractivity contribution in [3.05, 3.63) is 30.3 Å². The van der Waals surface area contributed by atoms with E-state index >= 15 is 0 Å². The highest BCUT2D eigenvalue weighted by atomic mass is 16.3. The Morgan fingerprint density at radius 3 is 3.23 bits per heavy atom. The number of aliphatic hydroxyl groups is 1. The van der Waals surface area contributed by atoms with Gasteiger partial charge in [0.15, 0.2) is 5.58 Å². The van der Waals surface area contributed by atoms with E-state index in [2.05, 4.69) is 4.98 Å². The van der Waals surface area contributed by atoms with Gasteiger partial charge in [-0.05, 0) is 6.07 Å². The second-order valence-electron chi connectivity index (χ2n) is 2.81. The van der Waals surface area contributed by atoms with Gasteiger partial charge in [0.05, 0.1) is 18.6 Å². The van der Waals surface area contributed by atoms with E-state index in [1.54, 1.807) is 18.5 Å². The lowest BCUT2D eigenvalue weighted by molar-refractivity contribution is 0.187. The largest absolute Gasteiger partial charge is 0.462 e. The third-order valence-corrected chi connectivity index (χ3v) is 1.99. The van der Waals surface area contributed by atoms with E-state index < -0.39 is 6.10 Å². The molecule has 0 amide bonds. The van der Waals surface area contributed by atoms with Crippen LogP contribution in [-0.4, -0.2) is 16.6 Å². The number of furan rings is 1. The fraction of sp³-hybridized carbons (Fsp3) is 0.222. The van der Waals surface area contributed by atoms with E-state index in [0.29, 0.717) is 5.58 Å². The number of aromatic nitrogens is 1. The highest BCUT2D eigenvalue weighted by molar-refractivity contribution is 5.80. The van der Waals surface area contributed by atoms with Gasteiger partial charge in [-0.15, -0.1) is 0 Å². The molecule has 0 radical (unpaired) electrons. The summed E-state index contributed by atoms with van der Waals surface area (Å²) in [6.45, 7) is 0.191. The standard InChI is InChI=1S/C9H10N2O2/c10-3-8(12)7-5-13-9-4-11-2-1-6(7)9/h1-2,4-5,8,12H,3,10H2. The second kappa shape index (κ2) is 3.16. The molecular weight excluding hydrogens is 168 g/mol. The third-order valence-electron chi connectivity index (χ3n) is 1.99. The van der Waals surface area contributed by atoms with Crippen LogP contribution < -0.4 is 5.73 Å². The van der Waals surface area contributed by atoms with Gasteiger partial charge in [0, 0.05) is 23.7 Å².